The Bertz CT molecular complexity index is 1100. The van der Waals surface area contributed by atoms with Gasteiger partial charge in [0, 0.05) is 6.54 Å². The fraction of sp³-hybridized carbons (Fsp3) is 0.316. The second-order valence-electron chi connectivity index (χ2n) is 6.85. The average Bonchev–Trinajstić information content (AvgIpc) is 2.71. The Kier molecular flexibility index (Phi) is 8.91. The number of hydrogen-bond donors (Lipinski definition) is 4. The minimum absolute atomic E-state index is 0.0166. The van der Waals surface area contributed by atoms with E-state index >= 15 is 0 Å². The summed E-state index contributed by atoms with van der Waals surface area (Å²) in [4.78, 5) is 0.111. The molecule has 0 aliphatic rings. The van der Waals surface area contributed by atoms with Gasteiger partial charge in [0.25, 0.3) is 10.0 Å². The summed E-state index contributed by atoms with van der Waals surface area (Å²) in [6, 6.07) is 12.6. The van der Waals surface area contributed by atoms with Crippen LogP contribution in [0.2, 0.25) is 0 Å². The predicted octanol–water partition coefficient (Wildman–Crippen LogP) is 0.468. The molecule has 0 bridgehead atoms. The molecule has 2 rings (SSSR count). The van der Waals surface area contributed by atoms with Crippen LogP contribution in [0.25, 0.3) is 0 Å². The molecule has 0 saturated carbocycles. The van der Waals surface area contributed by atoms with Crippen molar-refractivity contribution in [3.8, 4) is 0 Å². The van der Waals surface area contributed by atoms with E-state index in [-0.39, 0.29) is 21.4 Å². The van der Waals surface area contributed by atoms with Crippen LogP contribution in [0.5, 0.6) is 0 Å². The molecule has 0 aromatic heterocycles. The molecule has 0 saturated heterocycles. The Morgan fingerprint density at radius 3 is 2.26 bits per heavy atom. The molecule has 0 aliphatic heterocycles. The summed E-state index contributed by atoms with van der Waals surface area (Å²) in [5.74, 6) is 0. The highest BCUT2D eigenvalue weighted by molar-refractivity contribution is 7.89. The monoisotopic (exact) mass is 485 g/mol. The molecule has 2 aromatic rings. The number of thiocarbonyl (C=S) groups is 1. The summed E-state index contributed by atoms with van der Waals surface area (Å²) >= 11 is 4.85. The highest BCUT2D eigenvalue weighted by Gasteiger charge is 2.25. The number of hydrazine groups is 1. The standard InChI is InChI=1S/C19H27N5O4S3/c1-22-12-3-5-16-4-2-6-18(14-16)31(27,28)24(23-19(20)29)13-11-15-7-9-17(10-8-15)30(21,25)26/h2,4,6-10,14,22H,3,5,11-13H2,1H3,(H3,20,23,29)(H2,21,25,26). The number of nitrogens with zero attached hydrogens (tertiary/aromatic N) is 1. The molecule has 170 valence electrons. The van der Waals surface area contributed by atoms with Gasteiger partial charge in [-0.3, -0.25) is 5.43 Å². The van der Waals surface area contributed by atoms with E-state index in [0.29, 0.717) is 6.42 Å². The second-order valence-corrected chi connectivity index (χ2v) is 10.7. The molecule has 0 heterocycles. The first-order valence-corrected chi connectivity index (χ1v) is 12.9. The number of nitrogens with two attached hydrogens (primary N) is 2. The summed E-state index contributed by atoms with van der Waals surface area (Å²) < 4.78 is 50.1. The molecule has 31 heavy (non-hydrogen) atoms. The highest BCUT2D eigenvalue weighted by Crippen LogP contribution is 2.18. The first kappa shape index (κ1) is 25.2. The lowest BCUT2D eigenvalue weighted by atomic mass is 10.1. The number of benzene rings is 2. The zero-order valence-corrected chi connectivity index (χ0v) is 19.6. The van der Waals surface area contributed by atoms with E-state index in [1.165, 1.54) is 18.2 Å². The van der Waals surface area contributed by atoms with Crippen molar-refractivity contribution in [2.45, 2.75) is 29.1 Å². The SMILES string of the molecule is CNCCCc1cccc(S(=O)(=O)N(CCc2ccc(S(N)(=O)=O)cc2)NC(N)=S)c1. The van der Waals surface area contributed by atoms with Crippen molar-refractivity contribution in [3.63, 3.8) is 0 Å². The van der Waals surface area contributed by atoms with E-state index in [0.717, 1.165) is 34.9 Å². The quantitative estimate of drug-likeness (QED) is 0.204. The molecule has 0 radical (unpaired) electrons. The Morgan fingerprint density at radius 2 is 1.68 bits per heavy atom. The van der Waals surface area contributed by atoms with Crippen LogP contribution in [-0.4, -0.2) is 46.5 Å². The van der Waals surface area contributed by atoms with Gasteiger partial charge in [0.2, 0.25) is 10.0 Å². The molecule has 0 atom stereocenters. The third-order valence-electron chi connectivity index (χ3n) is 4.47. The zero-order chi connectivity index (χ0) is 23.1. The molecule has 0 aliphatic carbocycles. The van der Waals surface area contributed by atoms with Gasteiger partial charge in [0.15, 0.2) is 5.11 Å². The summed E-state index contributed by atoms with van der Waals surface area (Å²) in [5, 5.41) is 7.98. The van der Waals surface area contributed by atoms with Gasteiger partial charge in [0.1, 0.15) is 0 Å². The fourth-order valence-electron chi connectivity index (χ4n) is 2.89. The minimum atomic E-state index is -3.93. The molecular weight excluding hydrogens is 458 g/mol. The molecule has 0 spiro atoms. The summed E-state index contributed by atoms with van der Waals surface area (Å²) in [6.45, 7) is 0.856. The van der Waals surface area contributed by atoms with Gasteiger partial charge >= 0.3 is 0 Å². The predicted molar refractivity (Wildman–Crippen MR) is 124 cm³/mol. The molecule has 0 unspecified atom stereocenters. The topological polar surface area (TPSA) is 148 Å². The van der Waals surface area contributed by atoms with Crippen LogP contribution in [0.1, 0.15) is 17.5 Å². The summed E-state index contributed by atoms with van der Waals surface area (Å²) in [5.41, 5.74) is 9.70. The zero-order valence-electron chi connectivity index (χ0n) is 17.1. The van der Waals surface area contributed by atoms with Gasteiger partial charge in [-0.15, -0.1) is 4.41 Å². The van der Waals surface area contributed by atoms with Crippen molar-refractivity contribution in [1.29, 1.82) is 0 Å². The van der Waals surface area contributed by atoms with Crippen LogP contribution < -0.4 is 21.6 Å². The number of rotatable bonds is 11. The van der Waals surface area contributed by atoms with Crippen LogP contribution >= 0.6 is 12.2 Å². The summed E-state index contributed by atoms with van der Waals surface area (Å²) in [6.07, 6.45) is 1.91. The molecule has 9 nitrogen and oxygen atoms in total. The Morgan fingerprint density at radius 1 is 1.00 bits per heavy atom. The van der Waals surface area contributed by atoms with E-state index in [1.54, 1.807) is 24.3 Å². The maximum absolute atomic E-state index is 13.2. The van der Waals surface area contributed by atoms with Crippen LogP contribution in [0.15, 0.2) is 58.3 Å². The van der Waals surface area contributed by atoms with Crippen molar-refractivity contribution < 1.29 is 16.8 Å². The normalized spacial score (nSPS) is 12.1. The van der Waals surface area contributed by atoms with Crippen LogP contribution in [0.3, 0.4) is 0 Å². The van der Waals surface area contributed by atoms with Crippen LogP contribution in [0, 0.1) is 0 Å². The lowest BCUT2D eigenvalue weighted by molar-refractivity contribution is 0.380. The first-order chi connectivity index (χ1) is 14.5. The van der Waals surface area contributed by atoms with Crippen molar-refractivity contribution in [2.24, 2.45) is 10.9 Å². The second kappa shape index (κ2) is 11.0. The van der Waals surface area contributed by atoms with Gasteiger partial charge in [-0.1, -0.05) is 24.3 Å². The third-order valence-corrected chi connectivity index (χ3v) is 7.19. The van der Waals surface area contributed by atoms with Gasteiger partial charge in [-0.05, 0) is 80.5 Å². The molecule has 6 N–H and O–H groups in total. The van der Waals surface area contributed by atoms with E-state index in [4.69, 9.17) is 23.1 Å². The maximum atomic E-state index is 13.2. The molecule has 12 heteroatoms. The summed E-state index contributed by atoms with van der Waals surface area (Å²) in [7, 11) is -5.86. The molecule has 0 amide bonds. The number of primary sulfonamides is 1. The highest BCUT2D eigenvalue weighted by atomic mass is 32.2. The van der Waals surface area contributed by atoms with E-state index < -0.39 is 20.0 Å². The number of sulfonamides is 2. The third kappa shape index (κ3) is 7.52. The van der Waals surface area contributed by atoms with Gasteiger partial charge in [-0.2, -0.15) is 0 Å². The smallest absolute Gasteiger partial charge is 0.259 e. The Hall–Kier alpha value is -2.09. The van der Waals surface area contributed by atoms with Crippen LogP contribution in [-0.2, 0) is 32.9 Å². The largest absolute Gasteiger partial charge is 0.375 e. The lowest BCUT2D eigenvalue weighted by Gasteiger charge is -2.23. The molecule has 0 fully saturated rings. The lowest BCUT2D eigenvalue weighted by Crippen LogP contribution is -2.49. The van der Waals surface area contributed by atoms with Crippen molar-refractivity contribution in [2.75, 3.05) is 20.1 Å². The van der Waals surface area contributed by atoms with E-state index in [2.05, 4.69) is 10.7 Å². The van der Waals surface area contributed by atoms with Crippen molar-refractivity contribution in [1.82, 2.24) is 15.2 Å². The maximum Gasteiger partial charge on any atom is 0.259 e. The van der Waals surface area contributed by atoms with Crippen molar-refractivity contribution in [3.05, 3.63) is 59.7 Å². The van der Waals surface area contributed by atoms with Crippen LogP contribution in [0.4, 0.5) is 0 Å². The number of nitrogens with one attached hydrogen (secondary N) is 2. The Balaban J connectivity index is 2.20. The molecule has 2 aromatic carbocycles. The average molecular weight is 486 g/mol. The van der Waals surface area contributed by atoms with Gasteiger partial charge in [0.05, 0.1) is 9.79 Å². The Labute approximate surface area is 188 Å². The minimum Gasteiger partial charge on any atom is -0.375 e. The number of aryl methyl sites for hydroxylation is 1. The van der Waals surface area contributed by atoms with Crippen molar-refractivity contribution >= 4 is 37.4 Å². The first-order valence-electron chi connectivity index (χ1n) is 9.48. The van der Waals surface area contributed by atoms with Gasteiger partial charge < -0.3 is 11.1 Å². The van der Waals surface area contributed by atoms with Gasteiger partial charge in [-0.25, -0.2) is 22.0 Å². The van der Waals surface area contributed by atoms with E-state index in [9.17, 15) is 16.8 Å². The number of hydrogen-bond acceptors (Lipinski definition) is 6. The molecular formula is C19H27N5O4S3. The fourth-order valence-corrected chi connectivity index (χ4v) is 4.93. The van der Waals surface area contributed by atoms with E-state index in [1.807, 2.05) is 13.1 Å².